The van der Waals surface area contributed by atoms with Crippen molar-refractivity contribution in [3.63, 3.8) is 0 Å². The lowest BCUT2D eigenvalue weighted by Crippen LogP contribution is -2.31. The third-order valence-corrected chi connectivity index (χ3v) is 5.96. The smallest absolute Gasteiger partial charge is 0.406 e. The van der Waals surface area contributed by atoms with E-state index in [1.54, 1.807) is 20.3 Å². The van der Waals surface area contributed by atoms with Gasteiger partial charge in [-0.05, 0) is 51.2 Å². The Labute approximate surface area is 193 Å². The van der Waals surface area contributed by atoms with Gasteiger partial charge in [0.05, 0.1) is 30.9 Å². The van der Waals surface area contributed by atoms with Crippen LogP contribution in [0.2, 0.25) is 0 Å². The van der Waals surface area contributed by atoms with Crippen molar-refractivity contribution in [2.45, 2.75) is 12.5 Å². The number of thiophene rings is 1. The van der Waals surface area contributed by atoms with Crippen molar-refractivity contribution >= 4 is 28.8 Å². The number of hydrogen-bond donors (Lipinski definition) is 0. The molecule has 33 heavy (non-hydrogen) atoms. The first kappa shape index (κ1) is 22.2. The van der Waals surface area contributed by atoms with Crippen LogP contribution in [0.1, 0.15) is 22.9 Å². The van der Waals surface area contributed by atoms with Gasteiger partial charge in [0.15, 0.2) is 18.1 Å². The number of pyridine rings is 1. The molecule has 2 aromatic heterocycles. The maximum Gasteiger partial charge on any atom is 0.406 e. The molecule has 1 aliphatic rings. The molecular weight excluding hydrogens is 448 g/mol. The molecule has 0 aliphatic carbocycles. The summed E-state index contributed by atoms with van der Waals surface area (Å²) in [6.07, 6.45) is 1.78. The Balaban J connectivity index is 1.61. The van der Waals surface area contributed by atoms with Gasteiger partial charge in [0.2, 0.25) is 5.75 Å². The van der Waals surface area contributed by atoms with E-state index < -0.39 is 29.3 Å². The first-order chi connectivity index (χ1) is 16.0. The first-order valence-corrected chi connectivity index (χ1v) is 10.8. The molecule has 0 spiro atoms. The number of carbonyl (C=O) groups is 1. The van der Waals surface area contributed by atoms with E-state index in [1.807, 2.05) is 29.6 Å². The minimum Gasteiger partial charge on any atom is -0.493 e. The number of benzene rings is 1. The van der Waals surface area contributed by atoms with Crippen LogP contribution in [0.25, 0.3) is 0 Å². The van der Waals surface area contributed by atoms with Gasteiger partial charge in [0.25, 0.3) is 5.91 Å². The van der Waals surface area contributed by atoms with E-state index in [2.05, 4.69) is 10.1 Å². The molecule has 0 saturated carbocycles. The van der Waals surface area contributed by atoms with Crippen LogP contribution in [0.3, 0.4) is 0 Å². The molecule has 3 heterocycles. The first-order valence-electron chi connectivity index (χ1n) is 9.89. The van der Waals surface area contributed by atoms with Crippen molar-refractivity contribution in [1.82, 2.24) is 9.99 Å². The number of nitro groups is 1. The van der Waals surface area contributed by atoms with Crippen molar-refractivity contribution in [3.8, 4) is 17.2 Å². The monoisotopic (exact) mass is 468 g/mol. The molecule has 0 radical (unpaired) electrons. The van der Waals surface area contributed by atoms with E-state index in [-0.39, 0.29) is 5.75 Å². The van der Waals surface area contributed by atoms with Gasteiger partial charge in [-0.3, -0.25) is 4.79 Å². The van der Waals surface area contributed by atoms with E-state index in [0.29, 0.717) is 17.9 Å². The van der Waals surface area contributed by atoms with Crippen LogP contribution in [-0.4, -0.2) is 47.4 Å². The van der Waals surface area contributed by atoms with Crippen LogP contribution < -0.4 is 14.2 Å². The average molecular weight is 468 g/mol. The summed E-state index contributed by atoms with van der Waals surface area (Å²) in [5.41, 5.74) is 1.58. The predicted octanol–water partition coefficient (Wildman–Crippen LogP) is 3.83. The largest absolute Gasteiger partial charge is 0.493 e. The Morgan fingerprint density at radius 3 is 2.70 bits per heavy atom. The number of hydrogen-bond acceptors (Lipinski definition) is 9. The number of nitrogens with zero attached hydrogens (tertiary/aromatic N) is 4. The van der Waals surface area contributed by atoms with Gasteiger partial charge in [-0.15, -0.1) is 11.3 Å². The zero-order chi connectivity index (χ0) is 23.4. The Hall–Kier alpha value is -3.99. The third kappa shape index (κ3) is 4.62. The molecule has 11 heteroatoms. The lowest BCUT2D eigenvalue weighted by Gasteiger charge is -2.23. The van der Waals surface area contributed by atoms with Crippen molar-refractivity contribution in [3.05, 3.63) is 74.6 Å². The quantitative estimate of drug-likeness (QED) is 0.364. The minimum atomic E-state index is -0.658. The van der Waals surface area contributed by atoms with E-state index >= 15 is 0 Å². The van der Waals surface area contributed by atoms with Crippen molar-refractivity contribution in [1.29, 1.82) is 0 Å². The second kappa shape index (κ2) is 9.65. The normalized spacial score (nSPS) is 15.2. The Morgan fingerprint density at radius 1 is 1.18 bits per heavy atom. The summed E-state index contributed by atoms with van der Waals surface area (Å²) in [5.74, 6) is 0.128. The number of carbonyl (C=O) groups excluding carboxylic acids is 1. The number of ether oxygens (including phenoxy) is 3. The highest BCUT2D eigenvalue weighted by molar-refractivity contribution is 7.12. The summed E-state index contributed by atoms with van der Waals surface area (Å²) >= 11 is 1.53. The SMILES string of the molecule is COc1ccc(C2CC(c3cccs3)=NN2C(=O)COc2cccnc2[N+](=O)[O-])cc1OC. The van der Waals surface area contributed by atoms with Gasteiger partial charge >= 0.3 is 5.82 Å². The summed E-state index contributed by atoms with van der Waals surface area (Å²) in [6, 6.07) is 11.8. The van der Waals surface area contributed by atoms with Crippen molar-refractivity contribution < 1.29 is 23.9 Å². The molecule has 0 bridgehead atoms. The van der Waals surface area contributed by atoms with E-state index in [1.165, 1.54) is 34.7 Å². The van der Waals surface area contributed by atoms with Gasteiger partial charge in [0, 0.05) is 6.42 Å². The maximum absolute atomic E-state index is 13.1. The lowest BCUT2D eigenvalue weighted by atomic mass is 10.0. The second-order valence-corrected chi connectivity index (χ2v) is 7.92. The lowest BCUT2D eigenvalue weighted by molar-refractivity contribution is -0.390. The van der Waals surface area contributed by atoms with E-state index in [0.717, 1.165) is 16.2 Å². The van der Waals surface area contributed by atoms with Crippen LogP contribution in [0, 0.1) is 10.1 Å². The highest BCUT2D eigenvalue weighted by atomic mass is 32.1. The highest BCUT2D eigenvalue weighted by Gasteiger charge is 2.34. The topological polar surface area (TPSA) is 116 Å². The Morgan fingerprint density at radius 2 is 2.00 bits per heavy atom. The second-order valence-electron chi connectivity index (χ2n) is 6.97. The van der Waals surface area contributed by atoms with Gasteiger partial charge in [0.1, 0.15) is 6.20 Å². The standard InChI is InChI=1S/C22H20N4O6S/c1-30-17-8-7-14(11-19(17)31-2)16-12-15(20-6-4-10-33-20)24-25(16)21(27)13-32-18-5-3-9-23-22(18)26(28)29/h3-11,16H,12-13H2,1-2H3. The molecule has 1 unspecified atom stereocenters. The molecule has 1 aromatic carbocycles. The maximum atomic E-state index is 13.1. The molecule has 4 rings (SSSR count). The molecular formula is C22H20N4O6S. The van der Waals surface area contributed by atoms with Crippen LogP contribution in [0.15, 0.2) is 59.1 Å². The summed E-state index contributed by atoms with van der Waals surface area (Å²) in [4.78, 5) is 28.3. The fourth-order valence-electron chi connectivity index (χ4n) is 3.49. The molecule has 170 valence electrons. The molecule has 3 aromatic rings. The predicted molar refractivity (Wildman–Crippen MR) is 121 cm³/mol. The van der Waals surface area contributed by atoms with Gasteiger partial charge < -0.3 is 24.3 Å². The van der Waals surface area contributed by atoms with Crippen molar-refractivity contribution in [2.24, 2.45) is 5.10 Å². The van der Waals surface area contributed by atoms with Gasteiger partial charge in [-0.1, -0.05) is 12.1 Å². The number of hydrazone groups is 1. The molecule has 0 N–H and O–H groups in total. The number of rotatable bonds is 8. The Kier molecular flexibility index (Phi) is 6.50. The summed E-state index contributed by atoms with van der Waals surface area (Å²) in [7, 11) is 3.09. The molecule has 0 saturated heterocycles. The zero-order valence-corrected chi connectivity index (χ0v) is 18.7. The molecule has 1 atom stereocenters. The average Bonchev–Trinajstić information content (AvgIpc) is 3.52. The molecule has 1 aliphatic heterocycles. The summed E-state index contributed by atoms with van der Waals surface area (Å²) < 4.78 is 16.2. The summed E-state index contributed by atoms with van der Waals surface area (Å²) in [6.45, 7) is -0.433. The van der Waals surface area contributed by atoms with Crippen LogP contribution in [0.5, 0.6) is 17.2 Å². The van der Waals surface area contributed by atoms with Gasteiger partial charge in [-0.25, -0.2) is 5.01 Å². The molecule has 10 nitrogen and oxygen atoms in total. The van der Waals surface area contributed by atoms with Gasteiger partial charge in [-0.2, -0.15) is 5.10 Å². The third-order valence-electron chi connectivity index (χ3n) is 5.04. The minimum absolute atomic E-state index is 0.0832. The number of amides is 1. The fourth-order valence-corrected chi connectivity index (χ4v) is 4.21. The number of aromatic nitrogens is 1. The van der Waals surface area contributed by atoms with Crippen LogP contribution in [-0.2, 0) is 4.79 Å². The molecule has 1 amide bonds. The molecule has 0 fully saturated rings. The highest BCUT2D eigenvalue weighted by Crippen LogP contribution is 2.38. The van der Waals surface area contributed by atoms with Crippen molar-refractivity contribution in [2.75, 3.05) is 20.8 Å². The zero-order valence-electron chi connectivity index (χ0n) is 17.8. The van der Waals surface area contributed by atoms with Crippen LogP contribution in [0.4, 0.5) is 5.82 Å². The number of methoxy groups -OCH3 is 2. The summed E-state index contributed by atoms with van der Waals surface area (Å²) in [5, 5.41) is 19.0. The fraction of sp³-hybridized carbons (Fsp3) is 0.227. The van der Waals surface area contributed by atoms with E-state index in [9.17, 15) is 14.9 Å². The van der Waals surface area contributed by atoms with Crippen LogP contribution >= 0.6 is 11.3 Å². The van der Waals surface area contributed by atoms with E-state index in [4.69, 9.17) is 14.2 Å². The Bertz CT molecular complexity index is 1200.